The molecule has 1 unspecified atom stereocenters. The Kier molecular flexibility index (Phi) is 64.3. The summed E-state index contributed by atoms with van der Waals surface area (Å²) in [4.78, 5) is 38.4. The van der Waals surface area contributed by atoms with E-state index in [2.05, 4.69) is 154 Å². The molecule has 0 heterocycles. The van der Waals surface area contributed by atoms with Crippen LogP contribution in [0.4, 0.5) is 0 Å². The highest BCUT2D eigenvalue weighted by atomic mass is 16.6. The molecule has 6 heteroatoms. The first-order valence-corrected chi connectivity index (χ1v) is 33.7. The smallest absolute Gasteiger partial charge is 0.306 e. The van der Waals surface area contributed by atoms with Crippen LogP contribution in [0.25, 0.3) is 0 Å². The van der Waals surface area contributed by atoms with Crippen molar-refractivity contribution in [1.29, 1.82) is 0 Å². The second-order valence-electron chi connectivity index (χ2n) is 22.0. The Bertz CT molecular complexity index is 1720. The number of unbranched alkanes of at least 4 members (excludes halogenated alkanes) is 27. The van der Waals surface area contributed by atoms with Gasteiger partial charge in [-0.3, -0.25) is 14.4 Å². The number of rotatable bonds is 60. The zero-order valence-corrected chi connectivity index (χ0v) is 52.8. The van der Waals surface area contributed by atoms with Crippen LogP contribution in [0, 0.1) is 0 Å². The summed E-state index contributed by atoms with van der Waals surface area (Å²) in [6.45, 7) is 6.48. The molecule has 1 atom stereocenters. The van der Waals surface area contributed by atoms with Crippen LogP contribution in [-0.2, 0) is 28.6 Å². The van der Waals surface area contributed by atoms with Gasteiger partial charge in [-0.25, -0.2) is 0 Å². The molecular formula is C75H124O6. The van der Waals surface area contributed by atoms with Gasteiger partial charge in [0.2, 0.25) is 0 Å². The van der Waals surface area contributed by atoms with Gasteiger partial charge in [0, 0.05) is 19.3 Å². The molecule has 0 saturated heterocycles. The number of carbonyl (C=O) groups excluding carboxylic acids is 3. The molecule has 81 heavy (non-hydrogen) atoms. The van der Waals surface area contributed by atoms with Crippen molar-refractivity contribution in [3.05, 3.63) is 134 Å². The SMILES string of the molecule is CC/C=C\C/C=C\C/C=C\C/C=C\C/C=C\C/C=C\C/C=C\C/C=C\CCCCCCC(=O)OCC(COC(=O)CCCCCCC/C=C\CCCCCCCC)OC(=O)CCCCCCCCCCC/C=C\C/C=C\CCCCC. The Morgan fingerprint density at radius 3 is 0.790 bits per heavy atom. The van der Waals surface area contributed by atoms with Gasteiger partial charge in [-0.15, -0.1) is 0 Å². The summed E-state index contributed by atoms with van der Waals surface area (Å²) < 4.78 is 16.9. The van der Waals surface area contributed by atoms with Crippen molar-refractivity contribution in [2.75, 3.05) is 13.2 Å². The second-order valence-corrected chi connectivity index (χ2v) is 22.0. The van der Waals surface area contributed by atoms with E-state index in [4.69, 9.17) is 14.2 Å². The molecule has 0 radical (unpaired) electrons. The molecular weight excluding hydrogens is 997 g/mol. The summed E-state index contributed by atoms with van der Waals surface area (Å²) in [7, 11) is 0. The highest BCUT2D eigenvalue weighted by Crippen LogP contribution is 2.15. The fraction of sp³-hybridized carbons (Fsp3) is 0.667. The van der Waals surface area contributed by atoms with Crippen molar-refractivity contribution < 1.29 is 28.6 Å². The van der Waals surface area contributed by atoms with Gasteiger partial charge in [0.25, 0.3) is 0 Å². The molecule has 0 amide bonds. The quantitative estimate of drug-likeness (QED) is 0.0261. The van der Waals surface area contributed by atoms with Gasteiger partial charge < -0.3 is 14.2 Å². The second kappa shape index (κ2) is 68.1. The van der Waals surface area contributed by atoms with Crippen molar-refractivity contribution in [3.63, 3.8) is 0 Å². The molecule has 0 saturated carbocycles. The first-order chi connectivity index (χ1) is 40.0. The highest BCUT2D eigenvalue weighted by Gasteiger charge is 2.19. The van der Waals surface area contributed by atoms with Gasteiger partial charge in [0.15, 0.2) is 6.10 Å². The third kappa shape index (κ3) is 66.2. The largest absolute Gasteiger partial charge is 0.462 e. The molecule has 460 valence electrons. The monoisotopic (exact) mass is 1120 g/mol. The topological polar surface area (TPSA) is 78.9 Å². The highest BCUT2D eigenvalue weighted by molar-refractivity contribution is 5.71. The van der Waals surface area contributed by atoms with E-state index in [9.17, 15) is 14.4 Å². The minimum Gasteiger partial charge on any atom is -0.462 e. The Labute approximate surface area is 500 Å². The van der Waals surface area contributed by atoms with Crippen LogP contribution in [0.1, 0.15) is 303 Å². The Morgan fingerprint density at radius 1 is 0.259 bits per heavy atom. The summed E-state index contributed by atoms with van der Waals surface area (Å²) in [5.41, 5.74) is 0. The molecule has 0 fully saturated rings. The third-order valence-corrected chi connectivity index (χ3v) is 14.1. The van der Waals surface area contributed by atoms with E-state index in [0.717, 1.165) is 135 Å². The van der Waals surface area contributed by atoms with Gasteiger partial charge in [-0.1, -0.05) is 276 Å². The number of hydrogen-bond acceptors (Lipinski definition) is 6. The van der Waals surface area contributed by atoms with E-state index in [1.165, 1.54) is 128 Å². The lowest BCUT2D eigenvalue weighted by Crippen LogP contribution is -2.30. The van der Waals surface area contributed by atoms with Crippen LogP contribution in [-0.4, -0.2) is 37.2 Å². The van der Waals surface area contributed by atoms with Crippen LogP contribution < -0.4 is 0 Å². The standard InChI is InChI=1S/C75H124O6/c1-4-7-10-13-16-19-22-25-28-30-32-33-34-35-36-37-38-39-40-41-43-44-47-50-53-56-59-62-65-68-74(77)80-71-72(70-79-73(76)67-64-61-58-55-52-49-46-27-24-21-18-15-12-9-6-3)81-75(78)69-66-63-60-57-54-51-48-45-42-31-29-26-23-20-17-14-11-8-5-2/h7,10,16-17,19-20,25-29,32-33,35-36,38-39,41,43,46-47,50,72H,4-6,8-9,11-15,18,21-24,30-31,34,37,40,42,44-45,48-49,51-71H2,1-3H3/b10-7-,19-16-,20-17-,28-25-,29-26-,33-32-,36-35-,39-38-,43-41-,46-27-,50-47-. The molecule has 0 aromatic carbocycles. The third-order valence-electron chi connectivity index (χ3n) is 14.1. The Balaban J connectivity index is 4.42. The molecule has 0 rings (SSSR count). The van der Waals surface area contributed by atoms with Crippen LogP contribution in [0.3, 0.4) is 0 Å². The first-order valence-electron chi connectivity index (χ1n) is 33.7. The number of allylic oxidation sites excluding steroid dienone is 22. The Hall–Kier alpha value is -4.45. The predicted molar refractivity (Wildman–Crippen MR) is 353 cm³/mol. The lowest BCUT2D eigenvalue weighted by atomic mass is 10.1. The van der Waals surface area contributed by atoms with Gasteiger partial charge in [-0.05, 0) is 141 Å². The normalized spacial score (nSPS) is 13.0. The van der Waals surface area contributed by atoms with Crippen LogP contribution in [0.5, 0.6) is 0 Å². The fourth-order valence-corrected chi connectivity index (χ4v) is 9.07. The summed E-state index contributed by atoms with van der Waals surface area (Å²) in [5, 5.41) is 0. The van der Waals surface area contributed by atoms with Gasteiger partial charge in [0.05, 0.1) is 0 Å². The van der Waals surface area contributed by atoms with E-state index in [1.807, 2.05) is 0 Å². The molecule has 0 spiro atoms. The Morgan fingerprint density at radius 2 is 0.481 bits per heavy atom. The molecule has 0 N–H and O–H groups in total. The summed E-state index contributed by atoms with van der Waals surface area (Å²) in [5.74, 6) is -0.927. The molecule has 0 aliphatic rings. The van der Waals surface area contributed by atoms with Crippen molar-refractivity contribution in [2.24, 2.45) is 0 Å². The van der Waals surface area contributed by atoms with Gasteiger partial charge in [-0.2, -0.15) is 0 Å². The summed E-state index contributed by atoms with van der Waals surface area (Å²) in [6.07, 6.45) is 96.0. The van der Waals surface area contributed by atoms with Crippen molar-refractivity contribution in [2.45, 2.75) is 309 Å². The zero-order valence-electron chi connectivity index (χ0n) is 52.8. The number of ether oxygens (including phenoxy) is 3. The lowest BCUT2D eigenvalue weighted by molar-refractivity contribution is -0.167. The number of carbonyl (C=O) groups is 3. The minimum atomic E-state index is -0.800. The maximum atomic E-state index is 12.9. The first kappa shape index (κ1) is 76.5. The van der Waals surface area contributed by atoms with Crippen LogP contribution in [0.15, 0.2) is 134 Å². The van der Waals surface area contributed by atoms with Crippen LogP contribution >= 0.6 is 0 Å². The molecule has 0 aliphatic carbocycles. The average Bonchev–Trinajstić information content (AvgIpc) is 3.47. The zero-order chi connectivity index (χ0) is 58.5. The summed E-state index contributed by atoms with van der Waals surface area (Å²) in [6, 6.07) is 0. The minimum absolute atomic E-state index is 0.0947. The van der Waals surface area contributed by atoms with Crippen LogP contribution in [0.2, 0.25) is 0 Å². The number of esters is 3. The lowest BCUT2D eigenvalue weighted by Gasteiger charge is -2.18. The molecule has 0 bridgehead atoms. The van der Waals surface area contributed by atoms with Gasteiger partial charge >= 0.3 is 17.9 Å². The van der Waals surface area contributed by atoms with Crippen molar-refractivity contribution >= 4 is 17.9 Å². The molecule has 0 aliphatic heterocycles. The van der Waals surface area contributed by atoms with E-state index >= 15 is 0 Å². The maximum absolute atomic E-state index is 12.9. The van der Waals surface area contributed by atoms with E-state index in [-0.39, 0.29) is 31.1 Å². The molecule has 0 aromatic heterocycles. The van der Waals surface area contributed by atoms with E-state index in [1.54, 1.807) is 0 Å². The summed E-state index contributed by atoms with van der Waals surface area (Å²) >= 11 is 0. The van der Waals surface area contributed by atoms with E-state index < -0.39 is 6.10 Å². The maximum Gasteiger partial charge on any atom is 0.306 e. The van der Waals surface area contributed by atoms with Crippen molar-refractivity contribution in [1.82, 2.24) is 0 Å². The number of hydrogen-bond donors (Lipinski definition) is 0. The predicted octanol–water partition coefficient (Wildman–Crippen LogP) is 23.3. The fourth-order valence-electron chi connectivity index (χ4n) is 9.07. The van der Waals surface area contributed by atoms with E-state index in [0.29, 0.717) is 19.3 Å². The molecule has 6 nitrogen and oxygen atoms in total. The van der Waals surface area contributed by atoms with Gasteiger partial charge in [0.1, 0.15) is 13.2 Å². The average molecular weight is 1120 g/mol. The molecule has 0 aromatic rings. The van der Waals surface area contributed by atoms with Crippen molar-refractivity contribution in [3.8, 4) is 0 Å².